The first kappa shape index (κ1) is 19.7. The van der Waals surface area contributed by atoms with Gasteiger partial charge in [-0.15, -0.1) is 0 Å². The lowest BCUT2D eigenvalue weighted by molar-refractivity contribution is 0.103. The maximum atomic E-state index is 12.5. The fraction of sp³-hybridized carbons (Fsp3) is 0.0833. The molecule has 0 radical (unpaired) electrons. The average Bonchev–Trinajstić information content (AvgIpc) is 2.77. The first-order valence-corrected chi connectivity index (χ1v) is 9.55. The summed E-state index contributed by atoms with van der Waals surface area (Å²) < 4.78 is 16.3. The van der Waals surface area contributed by atoms with Crippen LogP contribution >= 0.6 is 11.6 Å². The van der Waals surface area contributed by atoms with E-state index in [1.807, 2.05) is 6.07 Å². The summed E-state index contributed by atoms with van der Waals surface area (Å²) in [4.78, 5) is 24.4. The molecule has 4 aromatic rings. The first-order valence-electron chi connectivity index (χ1n) is 9.17. The smallest absolute Gasteiger partial charge is 0.336 e. The summed E-state index contributed by atoms with van der Waals surface area (Å²) in [5, 5.41) is 1.35. The number of hydrogen-bond acceptors (Lipinski definition) is 5. The maximum absolute atomic E-state index is 12.5. The zero-order valence-electron chi connectivity index (χ0n) is 16.1. The number of hydrogen-bond donors (Lipinski definition) is 0. The van der Waals surface area contributed by atoms with Crippen LogP contribution in [-0.4, -0.2) is 12.9 Å². The van der Waals surface area contributed by atoms with Crippen molar-refractivity contribution in [3.05, 3.63) is 105 Å². The van der Waals surface area contributed by atoms with Gasteiger partial charge in [0, 0.05) is 39.2 Å². The average molecular weight is 421 g/mol. The highest BCUT2D eigenvalue weighted by molar-refractivity contribution is 6.30. The number of benzene rings is 3. The summed E-state index contributed by atoms with van der Waals surface area (Å²) in [7, 11) is 1.55. The van der Waals surface area contributed by atoms with Gasteiger partial charge in [0.05, 0.1) is 7.11 Å². The lowest BCUT2D eigenvalue weighted by Crippen LogP contribution is -2.04. The van der Waals surface area contributed by atoms with Gasteiger partial charge in [-0.05, 0) is 60.7 Å². The predicted octanol–water partition coefficient (Wildman–Crippen LogP) is 5.27. The summed E-state index contributed by atoms with van der Waals surface area (Å²) in [6.45, 7) is 0.179. The Morgan fingerprint density at radius 1 is 0.900 bits per heavy atom. The van der Waals surface area contributed by atoms with Gasteiger partial charge in [0.1, 0.15) is 23.7 Å². The van der Waals surface area contributed by atoms with Crippen LogP contribution in [0.2, 0.25) is 5.02 Å². The molecule has 150 valence electrons. The monoisotopic (exact) mass is 420 g/mol. The molecule has 6 heteroatoms. The summed E-state index contributed by atoms with van der Waals surface area (Å²) in [6, 6.07) is 20.3. The minimum absolute atomic E-state index is 0.0983. The molecule has 0 unspecified atom stereocenters. The van der Waals surface area contributed by atoms with Crippen LogP contribution in [0.15, 0.2) is 82.0 Å². The van der Waals surface area contributed by atoms with Crippen LogP contribution in [0.1, 0.15) is 21.5 Å². The molecule has 0 atom stereocenters. The third kappa shape index (κ3) is 4.21. The molecule has 0 saturated carbocycles. The van der Waals surface area contributed by atoms with Crippen molar-refractivity contribution in [1.29, 1.82) is 0 Å². The normalized spacial score (nSPS) is 10.7. The van der Waals surface area contributed by atoms with Crippen molar-refractivity contribution in [2.75, 3.05) is 7.11 Å². The van der Waals surface area contributed by atoms with E-state index in [4.69, 9.17) is 25.5 Å². The molecule has 1 heterocycles. The van der Waals surface area contributed by atoms with E-state index in [0.717, 1.165) is 5.39 Å². The van der Waals surface area contributed by atoms with Gasteiger partial charge in [0.25, 0.3) is 0 Å². The highest BCUT2D eigenvalue weighted by Gasteiger charge is 2.10. The third-order valence-corrected chi connectivity index (χ3v) is 4.91. The molecule has 4 rings (SSSR count). The van der Waals surface area contributed by atoms with E-state index in [1.54, 1.807) is 67.8 Å². The Bertz CT molecular complexity index is 1260. The Hall–Kier alpha value is -3.57. The number of halogens is 1. The molecule has 0 saturated heterocycles. The molecular weight excluding hydrogens is 404 g/mol. The van der Waals surface area contributed by atoms with Gasteiger partial charge >= 0.3 is 5.63 Å². The molecule has 1 aromatic heterocycles. The second-order valence-electron chi connectivity index (χ2n) is 6.60. The zero-order chi connectivity index (χ0) is 21.1. The quantitative estimate of drug-likeness (QED) is 0.314. The van der Waals surface area contributed by atoms with Gasteiger partial charge in [-0.1, -0.05) is 11.6 Å². The Morgan fingerprint density at radius 3 is 2.20 bits per heavy atom. The van der Waals surface area contributed by atoms with E-state index in [-0.39, 0.29) is 12.4 Å². The Morgan fingerprint density at radius 2 is 1.53 bits per heavy atom. The number of fused-ring (bicyclic) bond motifs is 1. The molecule has 0 aliphatic heterocycles. The van der Waals surface area contributed by atoms with Gasteiger partial charge in [0.15, 0.2) is 5.78 Å². The summed E-state index contributed by atoms with van der Waals surface area (Å²) in [5.74, 6) is 1.08. The Kier molecular flexibility index (Phi) is 5.55. The van der Waals surface area contributed by atoms with Crippen molar-refractivity contribution in [3.8, 4) is 11.5 Å². The molecule has 5 nitrogen and oxygen atoms in total. The molecule has 0 amide bonds. The van der Waals surface area contributed by atoms with Crippen LogP contribution in [0.4, 0.5) is 0 Å². The fourth-order valence-electron chi connectivity index (χ4n) is 3.09. The van der Waals surface area contributed by atoms with Crippen molar-refractivity contribution in [1.82, 2.24) is 0 Å². The first-order chi connectivity index (χ1) is 14.5. The minimum Gasteiger partial charge on any atom is -0.497 e. The summed E-state index contributed by atoms with van der Waals surface area (Å²) in [6.07, 6.45) is 0. The molecule has 0 bridgehead atoms. The van der Waals surface area contributed by atoms with Crippen LogP contribution in [0.3, 0.4) is 0 Å². The Balaban J connectivity index is 1.51. The highest BCUT2D eigenvalue weighted by atomic mass is 35.5. The number of methoxy groups -OCH3 is 1. The highest BCUT2D eigenvalue weighted by Crippen LogP contribution is 2.24. The maximum Gasteiger partial charge on any atom is 0.336 e. The van der Waals surface area contributed by atoms with Crippen molar-refractivity contribution in [2.24, 2.45) is 0 Å². The van der Waals surface area contributed by atoms with E-state index < -0.39 is 5.63 Å². The van der Waals surface area contributed by atoms with Crippen molar-refractivity contribution >= 4 is 28.4 Å². The van der Waals surface area contributed by atoms with Gasteiger partial charge in [-0.2, -0.15) is 0 Å². The third-order valence-electron chi connectivity index (χ3n) is 4.65. The largest absolute Gasteiger partial charge is 0.497 e. The van der Waals surface area contributed by atoms with Crippen LogP contribution in [0.5, 0.6) is 11.5 Å². The summed E-state index contributed by atoms with van der Waals surface area (Å²) in [5.41, 5.74) is 1.78. The zero-order valence-corrected chi connectivity index (χ0v) is 16.8. The van der Waals surface area contributed by atoms with Crippen molar-refractivity contribution < 1.29 is 18.7 Å². The fourth-order valence-corrected chi connectivity index (χ4v) is 3.21. The van der Waals surface area contributed by atoms with Crippen LogP contribution in [0, 0.1) is 0 Å². The molecule has 30 heavy (non-hydrogen) atoms. The van der Waals surface area contributed by atoms with Crippen LogP contribution < -0.4 is 15.1 Å². The molecule has 3 aromatic carbocycles. The number of rotatable bonds is 6. The van der Waals surface area contributed by atoms with Gasteiger partial charge in [-0.3, -0.25) is 4.79 Å². The van der Waals surface area contributed by atoms with E-state index in [9.17, 15) is 9.59 Å². The molecule has 0 N–H and O–H groups in total. The number of ether oxygens (including phenoxy) is 2. The topological polar surface area (TPSA) is 65.7 Å². The molecule has 0 aliphatic rings. The van der Waals surface area contributed by atoms with Gasteiger partial charge in [0.2, 0.25) is 0 Å². The predicted molar refractivity (Wildman–Crippen MR) is 115 cm³/mol. The molecule has 0 spiro atoms. The van der Waals surface area contributed by atoms with Crippen LogP contribution in [-0.2, 0) is 6.61 Å². The van der Waals surface area contributed by atoms with Crippen molar-refractivity contribution in [3.63, 3.8) is 0 Å². The lowest BCUT2D eigenvalue weighted by atomic mass is 10.0. The second kappa shape index (κ2) is 8.43. The molecule has 0 fully saturated rings. The van der Waals surface area contributed by atoms with E-state index >= 15 is 0 Å². The van der Waals surface area contributed by atoms with Gasteiger partial charge in [-0.25, -0.2) is 4.79 Å². The number of carbonyl (C=O) groups is 1. The Labute approximate surface area is 177 Å². The number of carbonyl (C=O) groups excluding carboxylic acids is 1. The van der Waals surface area contributed by atoms with E-state index in [0.29, 0.717) is 38.8 Å². The molecule has 0 aliphatic carbocycles. The standard InChI is InChI=1S/C24H17ClO5/c1-28-20-10-11-21-17(12-23(26)30-22(21)13-20)14-29-19-8-4-16(5-9-19)24(27)15-2-6-18(25)7-3-15/h2-13H,14H2,1H3. The minimum atomic E-state index is -0.460. The number of ketones is 1. The molecular formula is C24H17ClO5. The lowest BCUT2D eigenvalue weighted by Gasteiger charge is -2.10. The SMILES string of the molecule is COc1ccc2c(COc3ccc(C(=O)c4ccc(Cl)cc4)cc3)cc(=O)oc2c1. The van der Waals surface area contributed by atoms with Crippen molar-refractivity contribution in [2.45, 2.75) is 6.61 Å². The van der Waals surface area contributed by atoms with Gasteiger partial charge < -0.3 is 13.9 Å². The second-order valence-corrected chi connectivity index (χ2v) is 7.04. The summed E-state index contributed by atoms with van der Waals surface area (Å²) >= 11 is 5.87. The van der Waals surface area contributed by atoms with E-state index in [1.165, 1.54) is 6.07 Å². The van der Waals surface area contributed by atoms with E-state index in [2.05, 4.69) is 0 Å². The van der Waals surface area contributed by atoms with Crippen LogP contribution in [0.25, 0.3) is 11.0 Å².